The zero-order chi connectivity index (χ0) is 16.9. The number of benzene rings is 1. The van der Waals surface area contributed by atoms with Crippen molar-refractivity contribution in [1.29, 1.82) is 0 Å². The molecule has 0 saturated heterocycles. The van der Waals surface area contributed by atoms with Gasteiger partial charge in [0, 0.05) is 31.1 Å². The second kappa shape index (κ2) is 8.24. The molecular formula is C20H28N2OS. The van der Waals surface area contributed by atoms with Crippen molar-refractivity contribution in [3.8, 4) is 0 Å². The zero-order valence-electron chi connectivity index (χ0n) is 15.0. The van der Waals surface area contributed by atoms with Gasteiger partial charge in [-0.25, -0.2) is 4.98 Å². The molecule has 1 unspecified atom stereocenters. The molecule has 3 rings (SSSR count). The number of aryl methyl sites for hydroxylation is 1. The largest absolute Gasteiger partial charge is 0.372 e. The molecule has 0 radical (unpaired) electrons. The van der Waals surface area contributed by atoms with Gasteiger partial charge in [0.15, 0.2) is 0 Å². The van der Waals surface area contributed by atoms with E-state index in [1.807, 2.05) is 6.92 Å². The third-order valence-electron chi connectivity index (χ3n) is 4.58. The van der Waals surface area contributed by atoms with Crippen molar-refractivity contribution in [2.45, 2.75) is 65.3 Å². The molecule has 0 amide bonds. The lowest BCUT2D eigenvalue weighted by atomic mass is 10.1. The molecule has 130 valence electrons. The predicted octanol–water partition coefficient (Wildman–Crippen LogP) is 4.97. The summed E-state index contributed by atoms with van der Waals surface area (Å²) in [7, 11) is 0. The fourth-order valence-electron chi connectivity index (χ4n) is 2.98. The number of hydrogen-bond donors (Lipinski definition) is 0. The maximum absolute atomic E-state index is 5.66. The molecular weight excluding hydrogens is 316 g/mol. The van der Waals surface area contributed by atoms with Crippen LogP contribution in [0.4, 0.5) is 0 Å². The lowest BCUT2D eigenvalue weighted by molar-refractivity contribution is 0.0760. The van der Waals surface area contributed by atoms with Crippen molar-refractivity contribution in [3.05, 3.63) is 51.5 Å². The summed E-state index contributed by atoms with van der Waals surface area (Å²) in [5, 5.41) is 3.29. The summed E-state index contributed by atoms with van der Waals surface area (Å²) in [5.74, 6) is 0. The standard InChI is InChI=1S/C20H28N2OS/c1-4-16-6-8-17(9-7-16)12-22(19-10-11-19)13-18-14-24-20(21-18)15(3)23-5-2/h6-9,14-15,19H,4-5,10-13H2,1-3H3. The van der Waals surface area contributed by atoms with Crippen LogP contribution in [0.5, 0.6) is 0 Å². The third-order valence-corrected chi connectivity index (χ3v) is 5.63. The first-order chi connectivity index (χ1) is 11.7. The van der Waals surface area contributed by atoms with Gasteiger partial charge in [-0.2, -0.15) is 0 Å². The number of hydrogen-bond acceptors (Lipinski definition) is 4. The van der Waals surface area contributed by atoms with Gasteiger partial charge >= 0.3 is 0 Å². The van der Waals surface area contributed by atoms with Gasteiger partial charge in [0.2, 0.25) is 0 Å². The Morgan fingerprint density at radius 2 is 1.88 bits per heavy atom. The summed E-state index contributed by atoms with van der Waals surface area (Å²) < 4.78 is 5.66. The second-order valence-corrected chi connectivity index (χ2v) is 7.47. The van der Waals surface area contributed by atoms with E-state index in [2.05, 4.69) is 48.4 Å². The van der Waals surface area contributed by atoms with Gasteiger partial charge in [0.25, 0.3) is 0 Å². The fourth-order valence-corrected chi connectivity index (χ4v) is 3.79. The molecule has 3 nitrogen and oxygen atoms in total. The van der Waals surface area contributed by atoms with E-state index in [0.29, 0.717) is 0 Å². The monoisotopic (exact) mass is 344 g/mol. The first-order valence-electron chi connectivity index (χ1n) is 9.07. The van der Waals surface area contributed by atoms with Gasteiger partial charge < -0.3 is 4.74 Å². The van der Waals surface area contributed by atoms with E-state index in [-0.39, 0.29) is 6.10 Å². The molecule has 1 heterocycles. The quantitative estimate of drug-likeness (QED) is 0.642. The Morgan fingerprint density at radius 3 is 2.50 bits per heavy atom. The highest BCUT2D eigenvalue weighted by molar-refractivity contribution is 7.09. The van der Waals surface area contributed by atoms with Crippen LogP contribution in [0, 0.1) is 0 Å². The van der Waals surface area contributed by atoms with Gasteiger partial charge in [0.05, 0.1) is 5.69 Å². The average Bonchev–Trinajstić information content (AvgIpc) is 3.34. The number of rotatable bonds is 9. The second-order valence-electron chi connectivity index (χ2n) is 6.58. The molecule has 1 aliphatic rings. The zero-order valence-corrected chi connectivity index (χ0v) is 15.8. The first-order valence-corrected chi connectivity index (χ1v) is 9.95. The Labute approximate surface area is 149 Å². The van der Waals surface area contributed by atoms with Crippen LogP contribution >= 0.6 is 11.3 Å². The molecule has 1 fully saturated rings. The van der Waals surface area contributed by atoms with Gasteiger partial charge in [-0.3, -0.25) is 4.90 Å². The third kappa shape index (κ3) is 4.65. The van der Waals surface area contributed by atoms with E-state index in [4.69, 9.17) is 9.72 Å². The van der Waals surface area contributed by atoms with Gasteiger partial charge in [-0.05, 0) is 44.2 Å². The van der Waals surface area contributed by atoms with E-state index >= 15 is 0 Å². The van der Waals surface area contributed by atoms with Gasteiger partial charge in [0.1, 0.15) is 11.1 Å². The molecule has 0 aliphatic heterocycles. The Kier molecular flexibility index (Phi) is 6.04. The SMILES string of the molecule is CCOC(C)c1nc(CN(Cc2ccc(CC)cc2)C2CC2)cs1. The van der Waals surface area contributed by atoms with Crippen LogP contribution in [0.3, 0.4) is 0 Å². The van der Waals surface area contributed by atoms with E-state index in [1.54, 1.807) is 11.3 Å². The molecule has 0 N–H and O–H groups in total. The van der Waals surface area contributed by atoms with Crippen molar-refractivity contribution in [1.82, 2.24) is 9.88 Å². The number of ether oxygens (including phenoxy) is 1. The predicted molar refractivity (Wildman–Crippen MR) is 100 cm³/mol. The number of aromatic nitrogens is 1. The Balaban J connectivity index is 1.63. The van der Waals surface area contributed by atoms with Gasteiger partial charge in [-0.15, -0.1) is 11.3 Å². The maximum atomic E-state index is 5.66. The van der Waals surface area contributed by atoms with Crippen molar-refractivity contribution >= 4 is 11.3 Å². The normalized spacial score (nSPS) is 15.8. The molecule has 24 heavy (non-hydrogen) atoms. The Hall–Kier alpha value is -1.23. The first kappa shape index (κ1) is 17.6. The lowest BCUT2D eigenvalue weighted by Gasteiger charge is -2.21. The molecule has 0 spiro atoms. The molecule has 1 saturated carbocycles. The minimum atomic E-state index is 0.102. The number of nitrogens with zero attached hydrogens (tertiary/aromatic N) is 2. The minimum Gasteiger partial charge on any atom is -0.372 e. The van der Waals surface area contributed by atoms with Crippen LogP contribution in [0.2, 0.25) is 0 Å². The molecule has 1 aliphatic carbocycles. The smallest absolute Gasteiger partial charge is 0.122 e. The Bertz CT molecular complexity index is 633. The molecule has 0 bridgehead atoms. The van der Waals surface area contributed by atoms with Crippen molar-refractivity contribution < 1.29 is 4.74 Å². The maximum Gasteiger partial charge on any atom is 0.122 e. The molecule has 1 aromatic heterocycles. The highest BCUT2D eigenvalue weighted by Gasteiger charge is 2.29. The van der Waals surface area contributed by atoms with Gasteiger partial charge in [-0.1, -0.05) is 31.2 Å². The molecule has 1 atom stereocenters. The molecule has 4 heteroatoms. The topological polar surface area (TPSA) is 25.4 Å². The van der Waals surface area contributed by atoms with E-state index in [0.717, 1.165) is 37.2 Å². The van der Waals surface area contributed by atoms with E-state index in [1.165, 1.54) is 29.7 Å². The van der Waals surface area contributed by atoms with Crippen molar-refractivity contribution in [2.75, 3.05) is 6.61 Å². The highest BCUT2D eigenvalue weighted by atomic mass is 32.1. The average molecular weight is 345 g/mol. The van der Waals surface area contributed by atoms with E-state index < -0.39 is 0 Å². The highest BCUT2D eigenvalue weighted by Crippen LogP contribution is 2.31. The van der Waals surface area contributed by atoms with E-state index in [9.17, 15) is 0 Å². The lowest BCUT2D eigenvalue weighted by Crippen LogP contribution is -2.25. The summed E-state index contributed by atoms with van der Waals surface area (Å²) in [6.07, 6.45) is 3.84. The summed E-state index contributed by atoms with van der Waals surface area (Å²) in [4.78, 5) is 7.37. The summed E-state index contributed by atoms with van der Waals surface area (Å²) >= 11 is 1.72. The van der Waals surface area contributed by atoms with Crippen LogP contribution in [-0.4, -0.2) is 22.5 Å². The van der Waals surface area contributed by atoms with Crippen LogP contribution in [0.1, 0.15) is 61.5 Å². The molecule has 2 aromatic rings. The minimum absolute atomic E-state index is 0.102. The molecule has 1 aromatic carbocycles. The van der Waals surface area contributed by atoms with Crippen LogP contribution < -0.4 is 0 Å². The number of thiazole rings is 1. The van der Waals surface area contributed by atoms with Crippen LogP contribution in [0.25, 0.3) is 0 Å². The fraction of sp³-hybridized carbons (Fsp3) is 0.550. The summed E-state index contributed by atoms with van der Waals surface area (Å²) in [5.41, 5.74) is 3.99. The van der Waals surface area contributed by atoms with Crippen molar-refractivity contribution in [2.24, 2.45) is 0 Å². The van der Waals surface area contributed by atoms with Crippen LogP contribution in [-0.2, 0) is 24.2 Å². The summed E-state index contributed by atoms with van der Waals surface area (Å²) in [6.45, 7) is 9.01. The van der Waals surface area contributed by atoms with Crippen molar-refractivity contribution in [3.63, 3.8) is 0 Å². The summed E-state index contributed by atoms with van der Waals surface area (Å²) in [6, 6.07) is 9.79. The van der Waals surface area contributed by atoms with Crippen LogP contribution in [0.15, 0.2) is 29.6 Å². The Morgan fingerprint density at radius 1 is 1.17 bits per heavy atom.